The van der Waals surface area contributed by atoms with Crippen molar-refractivity contribution in [2.24, 2.45) is 22.4 Å². The van der Waals surface area contributed by atoms with Crippen molar-refractivity contribution in [2.75, 3.05) is 19.8 Å². The zero-order valence-corrected chi connectivity index (χ0v) is 22.1. The number of nitrogens with one attached hydrogen (secondary N) is 2. The van der Waals surface area contributed by atoms with E-state index < -0.39 is 42.4 Å². The van der Waals surface area contributed by atoms with Gasteiger partial charge in [-0.3, -0.25) is 24.2 Å². The molecule has 1 fully saturated rings. The molecule has 0 aromatic heterocycles. The van der Waals surface area contributed by atoms with E-state index >= 15 is 0 Å². The highest BCUT2D eigenvalue weighted by atomic mass is 79.9. The van der Waals surface area contributed by atoms with Crippen LogP contribution >= 0.6 is 15.9 Å². The Balaban J connectivity index is 2.09. The number of benzene rings is 1. The molecule has 6 N–H and O–H groups in total. The van der Waals surface area contributed by atoms with Crippen LogP contribution in [0.5, 0.6) is 0 Å². The minimum absolute atomic E-state index is 0.0977. The number of ketones is 1. The van der Waals surface area contributed by atoms with Crippen LogP contribution in [0.15, 0.2) is 33.7 Å². The highest BCUT2D eigenvalue weighted by molar-refractivity contribution is 9.10. The highest BCUT2D eigenvalue weighted by Crippen LogP contribution is 2.21. The second-order valence-corrected chi connectivity index (χ2v) is 9.92. The predicted octanol–water partition coefficient (Wildman–Crippen LogP) is 1.27. The summed E-state index contributed by atoms with van der Waals surface area (Å²) in [5.74, 6) is -2.41. The second-order valence-electron chi connectivity index (χ2n) is 9.00. The number of likely N-dealkylation sites (tertiary alicyclic amines) is 1. The lowest BCUT2D eigenvalue weighted by Crippen LogP contribution is -2.56. The van der Waals surface area contributed by atoms with Gasteiger partial charge < -0.3 is 27.0 Å². The van der Waals surface area contributed by atoms with Crippen molar-refractivity contribution in [3.63, 3.8) is 0 Å². The van der Waals surface area contributed by atoms with Gasteiger partial charge in [0.1, 0.15) is 18.8 Å². The largest absolute Gasteiger partial charge is 0.370 e. The zero-order valence-electron chi connectivity index (χ0n) is 20.5. The first-order chi connectivity index (χ1) is 17.0. The lowest BCUT2D eigenvalue weighted by Gasteiger charge is -2.31. The van der Waals surface area contributed by atoms with Crippen LogP contribution in [0.2, 0.25) is 0 Å². The minimum Gasteiger partial charge on any atom is -0.370 e. The van der Waals surface area contributed by atoms with E-state index in [9.17, 15) is 23.6 Å². The molecule has 2 rings (SSSR count). The minimum atomic E-state index is -1.22. The van der Waals surface area contributed by atoms with Crippen molar-refractivity contribution in [1.82, 2.24) is 15.5 Å². The molecule has 198 valence electrons. The number of carbonyl (C=O) groups excluding carboxylic acids is 4. The standard InChI is InChI=1S/C24H34BrFN6O4/c1-14(2)20(31-21(34)15-7-9-16(25)10-8-15)23(36)32-12-4-6-18(32)22(35)30-17(19(33)13-26)5-3-11-29-24(27)28/h7-10,14,17-18,20H,3-6,11-13H2,1-2H3,(H,30,35)(H,31,34)(H4,27,28,29)/t17-,18-,20-/m1/s1. The first kappa shape index (κ1) is 29.2. The molecule has 1 aliphatic heterocycles. The number of halogens is 2. The molecular formula is C24H34BrFN6O4. The molecule has 3 atom stereocenters. The molecule has 3 amide bonds. The van der Waals surface area contributed by atoms with Gasteiger partial charge in [-0.15, -0.1) is 0 Å². The average molecular weight is 569 g/mol. The number of rotatable bonds is 12. The summed E-state index contributed by atoms with van der Waals surface area (Å²) in [5, 5.41) is 5.38. The topological polar surface area (TPSA) is 160 Å². The van der Waals surface area contributed by atoms with Crippen molar-refractivity contribution < 1.29 is 23.6 Å². The van der Waals surface area contributed by atoms with Crippen molar-refractivity contribution >= 4 is 45.4 Å². The van der Waals surface area contributed by atoms with Gasteiger partial charge in [0.05, 0.1) is 6.04 Å². The molecule has 0 bridgehead atoms. The number of nitrogens with two attached hydrogens (primary N) is 2. The van der Waals surface area contributed by atoms with E-state index in [0.717, 1.165) is 4.47 Å². The second kappa shape index (κ2) is 13.9. The van der Waals surface area contributed by atoms with E-state index in [-0.39, 0.29) is 30.8 Å². The molecule has 1 saturated heterocycles. The molecule has 0 radical (unpaired) electrons. The van der Waals surface area contributed by atoms with E-state index in [0.29, 0.717) is 31.4 Å². The summed E-state index contributed by atoms with van der Waals surface area (Å²) >= 11 is 3.32. The first-order valence-electron chi connectivity index (χ1n) is 11.9. The van der Waals surface area contributed by atoms with E-state index in [4.69, 9.17) is 11.5 Å². The predicted molar refractivity (Wildman–Crippen MR) is 138 cm³/mol. The van der Waals surface area contributed by atoms with E-state index in [2.05, 4.69) is 31.6 Å². The quantitative estimate of drug-likeness (QED) is 0.169. The van der Waals surface area contributed by atoms with Gasteiger partial charge in [-0.25, -0.2) is 4.39 Å². The summed E-state index contributed by atoms with van der Waals surface area (Å²) < 4.78 is 13.9. The van der Waals surface area contributed by atoms with Crippen LogP contribution < -0.4 is 22.1 Å². The number of amides is 3. The van der Waals surface area contributed by atoms with Crippen LogP contribution in [-0.2, 0) is 14.4 Å². The molecule has 1 aromatic carbocycles. The lowest BCUT2D eigenvalue weighted by atomic mass is 10.0. The van der Waals surface area contributed by atoms with Crippen LogP contribution in [0.1, 0.15) is 49.9 Å². The summed E-state index contributed by atoms with van der Waals surface area (Å²) in [4.78, 5) is 56.6. The Labute approximate surface area is 218 Å². The van der Waals surface area contributed by atoms with Gasteiger partial charge in [-0.2, -0.15) is 0 Å². The van der Waals surface area contributed by atoms with Gasteiger partial charge in [0.15, 0.2) is 11.7 Å². The molecule has 0 unspecified atom stereocenters. The molecule has 1 aromatic rings. The molecule has 36 heavy (non-hydrogen) atoms. The number of aliphatic imine (C=N–C) groups is 1. The van der Waals surface area contributed by atoms with Crippen LogP contribution in [0.3, 0.4) is 0 Å². The zero-order chi connectivity index (χ0) is 26.8. The van der Waals surface area contributed by atoms with Crippen molar-refractivity contribution in [3.05, 3.63) is 34.3 Å². The normalized spacial score (nSPS) is 16.8. The maximum Gasteiger partial charge on any atom is 0.251 e. The Bertz CT molecular complexity index is 968. The van der Waals surface area contributed by atoms with E-state index in [1.165, 1.54) is 4.90 Å². The van der Waals surface area contributed by atoms with Crippen LogP contribution in [0.25, 0.3) is 0 Å². The summed E-state index contributed by atoms with van der Waals surface area (Å²) in [6, 6.07) is 4.02. The van der Waals surface area contributed by atoms with Gasteiger partial charge in [0, 0.05) is 23.1 Å². The van der Waals surface area contributed by atoms with Gasteiger partial charge in [0.2, 0.25) is 11.8 Å². The fraction of sp³-hybridized carbons (Fsp3) is 0.542. The monoisotopic (exact) mass is 568 g/mol. The first-order valence-corrected chi connectivity index (χ1v) is 12.7. The third-order valence-corrected chi connectivity index (χ3v) is 6.48. The summed E-state index contributed by atoms with van der Waals surface area (Å²) in [6.07, 6.45) is 1.50. The number of Topliss-reactive ketones (excluding diaryl/α,β-unsaturated/α-hetero) is 1. The molecule has 0 saturated carbocycles. The van der Waals surface area contributed by atoms with Gasteiger partial charge in [0.25, 0.3) is 5.91 Å². The average Bonchev–Trinajstić information content (AvgIpc) is 3.33. The van der Waals surface area contributed by atoms with Gasteiger partial charge in [-0.05, 0) is 55.9 Å². The molecule has 0 spiro atoms. The van der Waals surface area contributed by atoms with Crippen LogP contribution in [0.4, 0.5) is 4.39 Å². The van der Waals surface area contributed by atoms with Crippen LogP contribution in [0, 0.1) is 5.92 Å². The smallest absolute Gasteiger partial charge is 0.251 e. The summed E-state index contributed by atoms with van der Waals surface area (Å²) in [6.45, 7) is 2.96. The SMILES string of the molecule is CC(C)[C@@H](NC(=O)c1ccc(Br)cc1)C(=O)N1CCC[C@@H]1C(=O)N[C@H](CCCN=C(N)N)C(=O)CF. The number of carbonyl (C=O) groups is 4. The van der Waals surface area contributed by atoms with E-state index in [1.807, 2.05) is 13.8 Å². The number of hydrogen-bond acceptors (Lipinski definition) is 5. The van der Waals surface area contributed by atoms with Crippen molar-refractivity contribution in [3.8, 4) is 0 Å². The third kappa shape index (κ3) is 8.28. The Morgan fingerprint density at radius 2 is 1.83 bits per heavy atom. The number of hydrogen-bond donors (Lipinski definition) is 4. The Kier molecular flexibility index (Phi) is 11.3. The molecule has 12 heteroatoms. The van der Waals surface area contributed by atoms with Crippen molar-refractivity contribution in [1.29, 1.82) is 0 Å². The molecular weight excluding hydrogens is 535 g/mol. The van der Waals surface area contributed by atoms with Crippen LogP contribution in [-0.4, -0.2) is 72.3 Å². The maximum absolute atomic E-state index is 13.4. The number of alkyl halides is 1. The lowest BCUT2D eigenvalue weighted by molar-refractivity contribution is -0.141. The van der Waals surface area contributed by atoms with Crippen molar-refractivity contribution in [2.45, 2.75) is 57.7 Å². The van der Waals surface area contributed by atoms with Gasteiger partial charge >= 0.3 is 0 Å². The number of nitrogens with zero attached hydrogens (tertiary/aromatic N) is 2. The van der Waals surface area contributed by atoms with E-state index in [1.54, 1.807) is 24.3 Å². The fourth-order valence-electron chi connectivity index (χ4n) is 4.00. The Morgan fingerprint density at radius 3 is 2.42 bits per heavy atom. The highest BCUT2D eigenvalue weighted by Gasteiger charge is 2.39. The molecule has 0 aliphatic carbocycles. The third-order valence-electron chi connectivity index (χ3n) is 5.95. The molecule has 1 heterocycles. The van der Waals surface area contributed by atoms with Gasteiger partial charge in [-0.1, -0.05) is 29.8 Å². The number of guanidine groups is 1. The summed E-state index contributed by atoms with van der Waals surface area (Å²) in [7, 11) is 0. The Hall–Kier alpha value is -3.02. The fourth-order valence-corrected chi connectivity index (χ4v) is 4.26. The maximum atomic E-state index is 13.4. The summed E-state index contributed by atoms with van der Waals surface area (Å²) in [5.41, 5.74) is 11.0. The molecule has 1 aliphatic rings. The molecule has 10 nitrogen and oxygen atoms in total. The Morgan fingerprint density at radius 1 is 1.17 bits per heavy atom.